The number of carbonyl (C=O) groups excluding carboxylic acids is 1. The number of amidine groups is 1. The van der Waals surface area contributed by atoms with Crippen LogP contribution in [0.2, 0.25) is 0 Å². The summed E-state index contributed by atoms with van der Waals surface area (Å²) >= 11 is 1.74. The molecule has 0 saturated heterocycles. The molecule has 0 fully saturated rings. The van der Waals surface area contributed by atoms with Crippen molar-refractivity contribution >= 4 is 22.8 Å². The third kappa shape index (κ3) is 4.00. The minimum atomic E-state index is 0.0941. The van der Waals surface area contributed by atoms with E-state index in [0.29, 0.717) is 24.8 Å². The average Bonchev–Trinajstić information content (AvgIpc) is 2.52. The van der Waals surface area contributed by atoms with Crippen molar-refractivity contribution in [1.29, 1.82) is 0 Å². The lowest BCUT2D eigenvalue weighted by molar-refractivity contribution is -0.120. The van der Waals surface area contributed by atoms with Gasteiger partial charge < -0.3 is 10.6 Å². The number of nitrogens with zero attached hydrogens (tertiary/aromatic N) is 1. The molecule has 0 aromatic heterocycles. The van der Waals surface area contributed by atoms with Gasteiger partial charge in [-0.3, -0.25) is 9.79 Å². The molecule has 1 rings (SSSR count). The molecule has 5 heteroatoms. The molecule has 2 N–H and O–H groups in total. The minimum absolute atomic E-state index is 0.0941. The number of aliphatic imine (C=N–C) groups is 1. The SMILES string of the molecule is CCNC(=O)CCNC1=NCC(C)S1. The first-order chi connectivity index (χ1) is 6.72. The Balaban J connectivity index is 2.07. The lowest BCUT2D eigenvalue weighted by Crippen LogP contribution is -2.29. The third-order valence-electron chi connectivity index (χ3n) is 1.81. The molecule has 1 aliphatic rings. The summed E-state index contributed by atoms with van der Waals surface area (Å²) in [6.07, 6.45) is 0.516. The monoisotopic (exact) mass is 215 g/mol. The number of hydrogen-bond acceptors (Lipinski definition) is 4. The molecule has 1 aliphatic heterocycles. The van der Waals surface area contributed by atoms with Gasteiger partial charge in [0.2, 0.25) is 5.91 Å². The molecule has 0 aromatic carbocycles. The molecule has 1 amide bonds. The van der Waals surface area contributed by atoms with Crippen LogP contribution < -0.4 is 10.6 Å². The first-order valence-corrected chi connectivity index (χ1v) is 5.82. The van der Waals surface area contributed by atoms with Crippen molar-refractivity contribution in [1.82, 2.24) is 10.6 Å². The first-order valence-electron chi connectivity index (χ1n) is 4.94. The van der Waals surface area contributed by atoms with Gasteiger partial charge in [-0.15, -0.1) is 0 Å². The predicted octanol–water partition coefficient (Wildman–Crippen LogP) is 0.593. The Bertz CT molecular complexity index is 230. The molecule has 1 atom stereocenters. The van der Waals surface area contributed by atoms with E-state index >= 15 is 0 Å². The van der Waals surface area contributed by atoms with Gasteiger partial charge in [0.15, 0.2) is 5.17 Å². The molecule has 0 saturated carbocycles. The van der Waals surface area contributed by atoms with Gasteiger partial charge in [-0.1, -0.05) is 18.7 Å². The van der Waals surface area contributed by atoms with E-state index in [9.17, 15) is 4.79 Å². The molecule has 0 radical (unpaired) electrons. The molecule has 14 heavy (non-hydrogen) atoms. The Morgan fingerprint density at radius 1 is 1.71 bits per heavy atom. The van der Waals surface area contributed by atoms with E-state index in [-0.39, 0.29) is 5.91 Å². The van der Waals surface area contributed by atoms with Crippen LogP contribution in [0, 0.1) is 0 Å². The number of carbonyl (C=O) groups is 1. The summed E-state index contributed by atoms with van der Waals surface area (Å²) in [6, 6.07) is 0. The zero-order valence-corrected chi connectivity index (χ0v) is 9.49. The largest absolute Gasteiger partial charge is 0.364 e. The van der Waals surface area contributed by atoms with Crippen LogP contribution >= 0.6 is 11.8 Å². The fourth-order valence-electron chi connectivity index (χ4n) is 1.14. The molecule has 0 aliphatic carbocycles. The van der Waals surface area contributed by atoms with Crippen molar-refractivity contribution in [2.45, 2.75) is 25.5 Å². The quantitative estimate of drug-likeness (QED) is 0.722. The topological polar surface area (TPSA) is 53.5 Å². The second-order valence-electron chi connectivity index (χ2n) is 3.20. The highest BCUT2D eigenvalue weighted by Gasteiger charge is 2.14. The van der Waals surface area contributed by atoms with Crippen molar-refractivity contribution < 1.29 is 4.79 Å². The van der Waals surface area contributed by atoms with Gasteiger partial charge in [0.25, 0.3) is 0 Å². The van der Waals surface area contributed by atoms with Crippen LogP contribution in [-0.4, -0.2) is 36.0 Å². The maximum Gasteiger partial charge on any atom is 0.221 e. The number of thioether (sulfide) groups is 1. The zero-order chi connectivity index (χ0) is 10.4. The van der Waals surface area contributed by atoms with Crippen LogP contribution in [0.25, 0.3) is 0 Å². The number of nitrogens with one attached hydrogen (secondary N) is 2. The van der Waals surface area contributed by atoms with E-state index in [0.717, 1.165) is 11.7 Å². The molecule has 1 heterocycles. The maximum absolute atomic E-state index is 11.1. The van der Waals surface area contributed by atoms with Gasteiger partial charge >= 0.3 is 0 Å². The van der Waals surface area contributed by atoms with Crippen LogP contribution in [0.15, 0.2) is 4.99 Å². The number of hydrogen-bond donors (Lipinski definition) is 2. The second-order valence-corrected chi connectivity index (χ2v) is 4.63. The maximum atomic E-state index is 11.1. The van der Waals surface area contributed by atoms with Crippen LogP contribution in [0.4, 0.5) is 0 Å². The Labute approximate surface area is 88.9 Å². The Morgan fingerprint density at radius 3 is 3.07 bits per heavy atom. The highest BCUT2D eigenvalue weighted by Crippen LogP contribution is 2.18. The van der Waals surface area contributed by atoms with E-state index in [1.54, 1.807) is 11.8 Å². The third-order valence-corrected chi connectivity index (χ3v) is 2.86. The molecule has 1 unspecified atom stereocenters. The van der Waals surface area contributed by atoms with Gasteiger partial charge in [0, 0.05) is 24.8 Å². The second kappa shape index (κ2) is 5.90. The molecule has 0 spiro atoms. The van der Waals surface area contributed by atoms with Crippen molar-refractivity contribution in [2.24, 2.45) is 4.99 Å². The summed E-state index contributed by atoms with van der Waals surface area (Å²) in [6.45, 7) is 6.32. The molecule has 0 bridgehead atoms. The van der Waals surface area contributed by atoms with E-state index in [1.807, 2.05) is 6.92 Å². The molecular formula is C9H17N3OS. The fourth-order valence-corrected chi connectivity index (χ4v) is 2.01. The highest BCUT2D eigenvalue weighted by atomic mass is 32.2. The lowest BCUT2D eigenvalue weighted by Gasteiger charge is -2.05. The molecule has 0 aromatic rings. The first kappa shape index (κ1) is 11.4. The normalized spacial score (nSPS) is 20.4. The van der Waals surface area contributed by atoms with E-state index in [2.05, 4.69) is 22.5 Å². The van der Waals surface area contributed by atoms with Gasteiger partial charge in [-0.2, -0.15) is 0 Å². The van der Waals surface area contributed by atoms with Gasteiger partial charge in [-0.25, -0.2) is 0 Å². The minimum Gasteiger partial charge on any atom is -0.364 e. The van der Waals surface area contributed by atoms with Crippen LogP contribution in [0.1, 0.15) is 20.3 Å². The Kier molecular flexibility index (Phi) is 4.79. The van der Waals surface area contributed by atoms with E-state index < -0.39 is 0 Å². The lowest BCUT2D eigenvalue weighted by atomic mass is 10.4. The predicted molar refractivity (Wildman–Crippen MR) is 60.7 cm³/mol. The fraction of sp³-hybridized carbons (Fsp3) is 0.778. The summed E-state index contributed by atoms with van der Waals surface area (Å²) in [5.41, 5.74) is 0. The van der Waals surface area contributed by atoms with Gasteiger partial charge in [-0.05, 0) is 6.92 Å². The Morgan fingerprint density at radius 2 is 2.50 bits per heavy atom. The Hall–Kier alpha value is -0.710. The van der Waals surface area contributed by atoms with Crippen molar-refractivity contribution in [3.63, 3.8) is 0 Å². The van der Waals surface area contributed by atoms with Crippen molar-refractivity contribution in [3.8, 4) is 0 Å². The van der Waals surface area contributed by atoms with Crippen molar-refractivity contribution in [2.75, 3.05) is 19.6 Å². The van der Waals surface area contributed by atoms with E-state index in [4.69, 9.17) is 0 Å². The van der Waals surface area contributed by atoms with Gasteiger partial charge in [0.1, 0.15) is 0 Å². The van der Waals surface area contributed by atoms with Crippen LogP contribution in [-0.2, 0) is 4.79 Å². The van der Waals surface area contributed by atoms with Crippen molar-refractivity contribution in [3.05, 3.63) is 0 Å². The summed E-state index contributed by atoms with van der Waals surface area (Å²) < 4.78 is 0. The summed E-state index contributed by atoms with van der Waals surface area (Å²) in [4.78, 5) is 15.4. The molecular weight excluding hydrogens is 198 g/mol. The zero-order valence-electron chi connectivity index (χ0n) is 8.67. The van der Waals surface area contributed by atoms with Gasteiger partial charge in [0.05, 0.1) is 6.54 Å². The number of amides is 1. The summed E-state index contributed by atoms with van der Waals surface area (Å²) in [7, 11) is 0. The highest BCUT2D eigenvalue weighted by molar-refractivity contribution is 8.14. The summed E-state index contributed by atoms with van der Waals surface area (Å²) in [5.74, 6) is 0.0941. The molecule has 80 valence electrons. The number of rotatable bonds is 4. The van der Waals surface area contributed by atoms with Crippen LogP contribution in [0.5, 0.6) is 0 Å². The smallest absolute Gasteiger partial charge is 0.221 e. The average molecular weight is 215 g/mol. The molecule has 4 nitrogen and oxygen atoms in total. The summed E-state index contributed by atoms with van der Waals surface area (Å²) in [5, 5.41) is 7.45. The van der Waals surface area contributed by atoms with E-state index in [1.165, 1.54) is 0 Å². The standard InChI is InChI=1S/C9H17N3OS/c1-3-10-8(13)4-5-11-9-12-6-7(2)14-9/h7H,3-6H2,1-2H3,(H,10,13)(H,11,12). The van der Waals surface area contributed by atoms with Crippen LogP contribution in [0.3, 0.4) is 0 Å².